The Kier molecular flexibility index (Phi) is 3.80. The molecule has 17 heavy (non-hydrogen) atoms. The molecule has 1 fully saturated rings. The lowest BCUT2D eigenvalue weighted by molar-refractivity contribution is 0.231. The van der Waals surface area contributed by atoms with Crippen LogP contribution in [0, 0.1) is 6.92 Å². The van der Waals surface area contributed by atoms with Crippen molar-refractivity contribution in [2.75, 3.05) is 5.75 Å². The Morgan fingerprint density at radius 3 is 2.47 bits per heavy atom. The maximum absolute atomic E-state index is 12.0. The van der Waals surface area contributed by atoms with Crippen molar-refractivity contribution in [3.63, 3.8) is 0 Å². The lowest BCUT2D eigenvalue weighted by Gasteiger charge is -2.11. The van der Waals surface area contributed by atoms with Gasteiger partial charge in [0.25, 0.3) is 10.1 Å². The third kappa shape index (κ3) is 3.24. The molecule has 1 aliphatic rings. The average Bonchev–Trinajstić information content (AvgIpc) is 2.63. The van der Waals surface area contributed by atoms with Gasteiger partial charge in [0.15, 0.2) is 0 Å². The summed E-state index contributed by atoms with van der Waals surface area (Å²) in [6.45, 7) is 4.01. The Labute approximate surface area is 107 Å². The van der Waals surface area contributed by atoms with Crippen molar-refractivity contribution in [1.29, 1.82) is 0 Å². The average molecular weight is 272 g/mol. The lowest BCUT2D eigenvalue weighted by Crippen LogP contribution is -2.18. The minimum atomic E-state index is -3.60. The zero-order valence-corrected chi connectivity index (χ0v) is 11.6. The summed E-state index contributed by atoms with van der Waals surface area (Å²) in [7, 11) is -3.60. The van der Waals surface area contributed by atoms with Crippen molar-refractivity contribution in [2.45, 2.75) is 36.5 Å². The van der Waals surface area contributed by atoms with Gasteiger partial charge in [0, 0.05) is 11.0 Å². The van der Waals surface area contributed by atoms with E-state index in [9.17, 15) is 8.42 Å². The van der Waals surface area contributed by atoms with Crippen molar-refractivity contribution in [3.8, 4) is 0 Å². The van der Waals surface area contributed by atoms with Gasteiger partial charge in [-0.2, -0.15) is 20.2 Å². The van der Waals surface area contributed by atoms with Crippen LogP contribution >= 0.6 is 11.8 Å². The van der Waals surface area contributed by atoms with E-state index in [0.717, 1.165) is 17.7 Å². The Balaban J connectivity index is 2.11. The zero-order valence-electron chi connectivity index (χ0n) is 9.92. The number of hydrogen-bond acceptors (Lipinski definition) is 4. The second-order valence-corrected chi connectivity index (χ2v) is 7.41. The van der Waals surface area contributed by atoms with Crippen LogP contribution in [0.25, 0.3) is 0 Å². The molecule has 1 aromatic rings. The van der Waals surface area contributed by atoms with Gasteiger partial charge in [0.05, 0.1) is 11.0 Å². The first-order valence-electron chi connectivity index (χ1n) is 5.59. The maximum atomic E-state index is 12.0. The Hall–Kier alpha value is -0.520. The van der Waals surface area contributed by atoms with E-state index in [2.05, 4.69) is 6.92 Å². The first-order valence-corrected chi connectivity index (χ1v) is 8.04. The predicted octanol–water partition coefficient (Wildman–Crippen LogP) is 2.59. The lowest BCUT2D eigenvalue weighted by atomic mass is 10.2. The van der Waals surface area contributed by atoms with Crippen LogP contribution in [0.3, 0.4) is 0 Å². The molecular formula is C12H16O3S2. The maximum Gasteiger partial charge on any atom is 0.297 e. The van der Waals surface area contributed by atoms with Crippen molar-refractivity contribution < 1.29 is 12.6 Å². The number of benzene rings is 1. The minimum Gasteiger partial charge on any atom is -0.262 e. The molecule has 94 valence electrons. The van der Waals surface area contributed by atoms with Gasteiger partial charge < -0.3 is 0 Å². The smallest absolute Gasteiger partial charge is 0.262 e. The van der Waals surface area contributed by atoms with E-state index >= 15 is 0 Å². The standard InChI is InChI=1S/C12H16O3S2/c1-9-3-5-12(6-4-9)17(13,14)15-11-7-10(2)16-8-11/h3-6,10-11H,7-8H2,1-2H3/t10?,11-/m1/s1. The minimum absolute atomic E-state index is 0.179. The van der Waals surface area contributed by atoms with Crippen molar-refractivity contribution in [1.82, 2.24) is 0 Å². The van der Waals surface area contributed by atoms with Gasteiger partial charge in [0.1, 0.15) is 0 Å². The molecular weight excluding hydrogens is 256 g/mol. The molecule has 0 saturated carbocycles. The van der Waals surface area contributed by atoms with Crippen molar-refractivity contribution in [3.05, 3.63) is 29.8 Å². The van der Waals surface area contributed by atoms with Crippen LogP contribution in [0.2, 0.25) is 0 Å². The molecule has 3 nitrogen and oxygen atoms in total. The monoisotopic (exact) mass is 272 g/mol. The predicted molar refractivity (Wildman–Crippen MR) is 69.8 cm³/mol. The highest BCUT2D eigenvalue weighted by Gasteiger charge is 2.28. The van der Waals surface area contributed by atoms with Crippen LogP contribution in [0.15, 0.2) is 29.2 Å². The second kappa shape index (κ2) is 5.00. The van der Waals surface area contributed by atoms with Gasteiger partial charge in [-0.3, -0.25) is 4.18 Å². The fraction of sp³-hybridized carbons (Fsp3) is 0.500. The summed E-state index contributed by atoms with van der Waals surface area (Å²) in [4.78, 5) is 0.243. The summed E-state index contributed by atoms with van der Waals surface area (Å²) in [6.07, 6.45) is 0.622. The van der Waals surface area contributed by atoms with E-state index in [1.165, 1.54) is 0 Å². The van der Waals surface area contributed by atoms with Gasteiger partial charge >= 0.3 is 0 Å². The van der Waals surface area contributed by atoms with E-state index in [4.69, 9.17) is 4.18 Å². The summed E-state index contributed by atoms with van der Waals surface area (Å²) in [6, 6.07) is 6.75. The molecule has 0 spiro atoms. The summed E-state index contributed by atoms with van der Waals surface area (Å²) >= 11 is 1.75. The van der Waals surface area contributed by atoms with E-state index < -0.39 is 10.1 Å². The summed E-state index contributed by atoms with van der Waals surface area (Å²) in [5.74, 6) is 0.756. The first kappa shape index (κ1) is 12.9. The molecule has 1 aromatic carbocycles. The van der Waals surface area contributed by atoms with Gasteiger partial charge in [-0.15, -0.1) is 0 Å². The number of rotatable bonds is 3. The number of thioether (sulfide) groups is 1. The van der Waals surface area contributed by atoms with E-state index in [1.807, 2.05) is 6.92 Å². The number of hydrogen-bond donors (Lipinski definition) is 0. The number of aryl methyl sites for hydroxylation is 1. The Morgan fingerprint density at radius 1 is 1.29 bits per heavy atom. The first-order chi connectivity index (χ1) is 7.97. The van der Waals surface area contributed by atoms with E-state index in [1.54, 1.807) is 36.0 Å². The van der Waals surface area contributed by atoms with Crippen LogP contribution in [-0.2, 0) is 14.3 Å². The molecule has 0 aromatic heterocycles. The van der Waals surface area contributed by atoms with Crippen LogP contribution in [0.1, 0.15) is 18.9 Å². The fourth-order valence-corrected chi connectivity index (χ4v) is 4.05. The Morgan fingerprint density at radius 2 is 1.94 bits per heavy atom. The van der Waals surface area contributed by atoms with E-state index in [-0.39, 0.29) is 11.0 Å². The van der Waals surface area contributed by atoms with Crippen LogP contribution in [0.4, 0.5) is 0 Å². The van der Waals surface area contributed by atoms with Crippen LogP contribution in [-0.4, -0.2) is 25.5 Å². The highest BCUT2D eigenvalue weighted by atomic mass is 32.2. The summed E-state index contributed by atoms with van der Waals surface area (Å²) < 4.78 is 29.2. The third-order valence-corrected chi connectivity index (χ3v) is 5.43. The second-order valence-electron chi connectivity index (χ2n) is 4.37. The van der Waals surface area contributed by atoms with Crippen molar-refractivity contribution >= 4 is 21.9 Å². The van der Waals surface area contributed by atoms with Gasteiger partial charge in [-0.1, -0.05) is 24.6 Å². The fourth-order valence-electron chi connectivity index (χ4n) is 1.78. The molecule has 2 rings (SSSR count). The van der Waals surface area contributed by atoms with Crippen LogP contribution in [0.5, 0.6) is 0 Å². The van der Waals surface area contributed by atoms with Gasteiger partial charge in [0.2, 0.25) is 0 Å². The molecule has 0 amide bonds. The molecule has 5 heteroatoms. The Bertz CT molecular complexity index is 479. The highest BCUT2D eigenvalue weighted by molar-refractivity contribution is 8.00. The molecule has 1 heterocycles. The molecule has 0 N–H and O–H groups in total. The highest BCUT2D eigenvalue weighted by Crippen LogP contribution is 2.30. The van der Waals surface area contributed by atoms with Crippen LogP contribution < -0.4 is 0 Å². The van der Waals surface area contributed by atoms with E-state index in [0.29, 0.717) is 5.25 Å². The molecule has 0 bridgehead atoms. The van der Waals surface area contributed by atoms with Crippen molar-refractivity contribution in [2.24, 2.45) is 0 Å². The SMILES string of the molecule is Cc1ccc(S(=O)(=O)O[C@H]2CSC(C)C2)cc1. The molecule has 0 radical (unpaired) electrons. The largest absolute Gasteiger partial charge is 0.297 e. The zero-order chi connectivity index (χ0) is 12.5. The summed E-state index contributed by atoms with van der Waals surface area (Å²) in [5, 5.41) is 0.480. The normalized spacial score (nSPS) is 25.1. The molecule has 1 unspecified atom stereocenters. The quantitative estimate of drug-likeness (QED) is 0.793. The molecule has 2 atom stereocenters. The molecule has 1 saturated heterocycles. The van der Waals surface area contributed by atoms with Gasteiger partial charge in [-0.05, 0) is 25.5 Å². The molecule has 1 aliphatic heterocycles. The third-order valence-electron chi connectivity index (χ3n) is 2.73. The van der Waals surface area contributed by atoms with Gasteiger partial charge in [-0.25, -0.2) is 0 Å². The summed E-state index contributed by atoms with van der Waals surface area (Å²) in [5.41, 5.74) is 1.04. The topological polar surface area (TPSA) is 43.4 Å². The molecule has 0 aliphatic carbocycles.